The van der Waals surface area contributed by atoms with Gasteiger partial charge in [-0.3, -0.25) is 14.5 Å². The van der Waals surface area contributed by atoms with Gasteiger partial charge in [-0.2, -0.15) is 0 Å². The molecule has 2 fully saturated rings. The van der Waals surface area contributed by atoms with Crippen LogP contribution in [0.3, 0.4) is 0 Å². The summed E-state index contributed by atoms with van der Waals surface area (Å²) in [6, 6.07) is 18.8. The van der Waals surface area contributed by atoms with Crippen molar-refractivity contribution in [2.45, 2.75) is 31.9 Å². The Morgan fingerprint density at radius 3 is 2.48 bits per heavy atom. The number of amides is 1. The predicted octanol–water partition coefficient (Wildman–Crippen LogP) is 3.81. The summed E-state index contributed by atoms with van der Waals surface area (Å²) in [7, 11) is 0. The van der Waals surface area contributed by atoms with Crippen LogP contribution in [0.25, 0.3) is 6.08 Å². The van der Waals surface area contributed by atoms with Crippen LogP contribution < -0.4 is 0 Å². The first kappa shape index (κ1) is 20.4. The van der Waals surface area contributed by atoms with E-state index < -0.39 is 18.6 Å². The molecule has 7 heteroatoms. The molecule has 0 N–H and O–H groups in total. The maximum Gasteiger partial charge on any atom is 0.510 e. The second kappa shape index (κ2) is 9.30. The average Bonchev–Trinajstić information content (AvgIpc) is 3.08. The molecule has 0 aliphatic carbocycles. The molecule has 0 bridgehead atoms. The number of rotatable bonds is 7. The van der Waals surface area contributed by atoms with E-state index in [0.717, 1.165) is 11.1 Å². The van der Waals surface area contributed by atoms with Crippen LogP contribution in [0.4, 0.5) is 4.79 Å². The van der Waals surface area contributed by atoms with Crippen molar-refractivity contribution in [3.8, 4) is 0 Å². The Balaban J connectivity index is 1.46. The Bertz CT molecular complexity index is 1010. The van der Waals surface area contributed by atoms with E-state index in [1.807, 2.05) is 72.8 Å². The predicted molar refractivity (Wildman–Crippen MR) is 111 cm³/mol. The van der Waals surface area contributed by atoms with Crippen molar-refractivity contribution in [2.75, 3.05) is 0 Å². The summed E-state index contributed by atoms with van der Waals surface area (Å²) in [5, 5.41) is 0. The molecule has 4 rings (SSSR count). The summed E-state index contributed by atoms with van der Waals surface area (Å²) < 4.78 is 16.3. The Labute approximate surface area is 179 Å². The zero-order chi connectivity index (χ0) is 21.6. The Hall–Kier alpha value is -3.87. The fraction of sp³-hybridized carbons (Fsp3) is 0.208. The molecule has 2 aromatic carbocycles. The number of carbonyl (C=O) groups is 3. The van der Waals surface area contributed by atoms with Crippen molar-refractivity contribution in [2.24, 2.45) is 0 Å². The molecule has 2 saturated heterocycles. The SMILES string of the molecule is O=CC(CC=Cc1ccccc1)=C1O[C@@H]2CC(=O)N2C1OC(=O)OCc1ccccc1. The quantitative estimate of drug-likeness (QED) is 0.294. The van der Waals surface area contributed by atoms with Gasteiger partial charge in [0.2, 0.25) is 12.1 Å². The minimum Gasteiger partial charge on any atom is -0.468 e. The maximum atomic E-state index is 12.2. The van der Waals surface area contributed by atoms with E-state index in [1.165, 1.54) is 4.90 Å². The average molecular weight is 419 g/mol. The van der Waals surface area contributed by atoms with E-state index in [2.05, 4.69) is 0 Å². The highest BCUT2D eigenvalue weighted by atomic mass is 16.7. The first-order valence-corrected chi connectivity index (χ1v) is 9.90. The third-order valence-corrected chi connectivity index (χ3v) is 5.00. The third-order valence-electron chi connectivity index (χ3n) is 5.00. The number of fused-ring (bicyclic) bond motifs is 1. The zero-order valence-corrected chi connectivity index (χ0v) is 16.7. The molecule has 0 radical (unpaired) electrons. The molecule has 2 aromatic rings. The monoisotopic (exact) mass is 419 g/mol. The van der Waals surface area contributed by atoms with E-state index in [0.29, 0.717) is 11.9 Å². The summed E-state index contributed by atoms with van der Waals surface area (Å²) in [6.07, 6.45) is 2.20. The normalized spacial score (nSPS) is 21.2. The first-order valence-electron chi connectivity index (χ1n) is 9.90. The molecule has 31 heavy (non-hydrogen) atoms. The lowest BCUT2D eigenvalue weighted by Crippen LogP contribution is -2.53. The van der Waals surface area contributed by atoms with Gasteiger partial charge in [-0.05, 0) is 17.5 Å². The highest BCUT2D eigenvalue weighted by molar-refractivity contribution is 5.85. The van der Waals surface area contributed by atoms with Crippen molar-refractivity contribution >= 4 is 24.4 Å². The largest absolute Gasteiger partial charge is 0.510 e. The van der Waals surface area contributed by atoms with Gasteiger partial charge in [0.15, 0.2) is 12.0 Å². The third kappa shape index (κ3) is 4.66. The number of benzene rings is 2. The van der Waals surface area contributed by atoms with Gasteiger partial charge in [-0.15, -0.1) is 0 Å². The van der Waals surface area contributed by atoms with Gasteiger partial charge in [0, 0.05) is 5.57 Å². The number of nitrogens with zero attached hydrogens (tertiary/aromatic N) is 1. The minimum atomic E-state index is -1.11. The summed E-state index contributed by atoms with van der Waals surface area (Å²) in [5.74, 6) is -0.0499. The summed E-state index contributed by atoms with van der Waals surface area (Å²) in [5.41, 5.74) is 2.09. The van der Waals surface area contributed by atoms with E-state index in [-0.39, 0.29) is 31.1 Å². The van der Waals surface area contributed by atoms with Crippen molar-refractivity contribution in [1.29, 1.82) is 0 Å². The standard InChI is InChI=1S/C24H21NO6/c26-15-19(13-7-12-17-8-3-1-4-9-17)22-23(25-20(27)14-21(25)30-22)31-24(28)29-16-18-10-5-2-6-11-18/h1-12,15,21,23H,13-14,16H2/t21-,23?/m1/s1. The second-order valence-corrected chi connectivity index (χ2v) is 7.10. The van der Waals surface area contributed by atoms with Gasteiger partial charge in [-0.25, -0.2) is 4.79 Å². The molecule has 2 heterocycles. The van der Waals surface area contributed by atoms with Gasteiger partial charge in [0.05, 0.1) is 6.42 Å². The highest BCUT2D eigenvalue weighted by Crippen LogP contribution is 2.38. The number of carbonyl (C=O) groups excluding carboxylic acids is 3. The molecular formula is C24H21NO6. The number of hydrogen-bond acceptors (Lipinski definition) is 6. The lowest BCUT2D eigenvalue weighted by atomic mass is 10.1. The fourth-order valence-electron chi connectivity index (χ4n) is 3.39. The summed E-state index contributed by atoms with van der Waals surface area (Å²) in [4.78, 5) is 37.3. The second-order valence-electron chi connectivity index (χ2n) is 7.10. The number of hydrogen-bond donors (Lipinski definition) is 0. The van der Waals surface area contributed by atoms with E-state index in [9.17, 15) is 14.4 Å². The van der Waals surface area contributed by atoms with Crippen LogP contribution in [0.2, 0.25) is 0 Å². The lowest BCUT2D eigenvalue weighted by molar-refractivity contribution is -0.165. The Kier molecular flexibility index (Phi) is 6.12. The van der Waals surface area contributed by atoms with Gasteiger partial charge in [0.1, 0.15) is 12.9 Å². The summed E-state index contributed by atoms with van der Waals surface area (Å²) >= 11 is 0. The van der Waals surface area contributed by atoms with Crippen LogP contribution in [0, 0.1) is 0 Å². The molecule has 0 spiro atoms. The maximum absolute atomic E-state index is 12.2. The Morgan fingerprint density at radius 2 is 1.81 bits per heavy atom. The number of allylic oxidation sites excluding steroid dienone is 2. The molecule has 7 nitrogen and oxygen atoms in total. The smallest absolute Gasteiger partial charge is 0.468 e. The lowest BCUT2D eigenvalue weighted by Gasteiger charge is -2.33. The van der Waals surface area contributed by atoms with Gasteiger partial charge in [0.25, 0.3) is 0 Å². The van der Waals surface area contributed by atoms with Crippen LogP contribution in [0.15, 0.2) is 78.1 Å². The van der Waals surface area contributed by atoms with Crippen molar-refractivity contribution in [3.05, 3.63) is 89.2 Å². The molecule has 158 valence electrons. The molecule has 0 saturated carbocycles. The molecule has 2 atom stereocenters. The number of β-lactam (4-membered cyclic amide) rings is 1. The molecule has 2 aliphatic rings. The number of aldehydes is 1. The van der Waals surface area contributed by atoms with Crippen LogP contribution in [-0.4, -0.2) is 35.7 Å². The fourth-order valence-corrected chi connectivity index (χ4v) is 3.39. The summed E-state index contributed by atoms with van der Waals surface area (Å²) in [6.45, 7) is 0.0318. The van der Waals surface area contributed by atoms with Crippen LogP contribution in [0.5, 0.6) is 0 Å². The topological polar surface area (TPSA) is 82.1 Å². The van der Waals surface area contributed by atoms with Crippen molar-refractivity contribution < 1.29 is 28.6 Å². The van der Waals surface area contributed by atoms with E-state index in [1.54, 1.807) is 0 Å². The van der Waals surface area contributed by atoms with E-state index in [4.69, 9.17) is 14.2 Å². The van der Waals surface area contributed by atoms with Crippen LogP contribution in [-0.2, 0) is 30.4 Å². The highest BCUT2D eigenvalue weighted by Gasteiger charge is 2.53. The van der Waals surface area contributed by atoms with E-state index >= 15 is 0 Å². The van der Waals surface area contributed by atoms with Gasteiger partial charge in [-0.1, -0.05) is 72.8 Å². The van der Waals surface area contributed by atoms with Crippen molar-refractivity contribution in [1.82, 2.24) is 4.90 Å². The molecule has 0 aromatic heterocycles. The molecule has 1 amide bonds. The molecular weight excluding hydrogens is 398 g/mol. The Morgan fingerprint density at radius 1 is 1.10 bits per heavy atom. The van der Waals surface area contributed by atoms with Crippen LogP contribution >= 0.6 is 0 Å². The van der Waals surface area contributed by atoms with Crippen molar-refractivity contribution in [3.63, 3.8) is 0 Å². The van der Waals surface area contributed by atoms with Gasteiger partial charge < -0.3 is 14.2 Å². The number of ether oxygens (including phenoxy) is 3. The molecule has 1 unspecified atom stereocenters. The zero-order valence-electron chi connectivity index (χ0n) is 16.7. The first-order chi connectivity index (χ1) is 15.2. The molecule has 2 aliphatic heterocycles. The van der Waals surface area contributed by atoms with Gasteiger partial charge >= 0.3 is 6.16 Å². The minimum absolute atomic E-state index is 0.0318. The van der Waals surface area contributed by atoms with Crippen LogP contribution in [0.1, 0.15) is 24.0 Å².